The van der Waals surface area contributed by atoms with Crippen LogP contribution in [0.4, 0.5) is 16.2 Å². The summed E-state index contributed by atoms with van der Waals surface area (Å²) in [4.78, 5) is 27.1. The van der Waals surface area contributed by atoms with Crippen LogP contribution in [0.2, 0.25) is 5.02 Å². The van der Waals surface area contributed by atoms with E-state index in [4.69, 9.17) is 11.6 Å². The molecule has 0 spiro atoms. The minimum atomic E-state index is -0.278. The van der Waals surface area contributed by atoms with Crippen LogP contribution in [0.15, 0.2) is 42.5 Å². The van der Waals surface area contributed by atoms with Gasteiger partial charge < -0.3 is 15.5 Å². The van der Waals surface area contributed by atoms with Crippen LogP contribution in [0.1, 0.15) is 44.7 Å². The zero-order valence-corrected chi connectivity index (χ0v) is 19.5. The van der Waals surface area contributed by atoms with Crippen molar-refractivity contribution in [3.05, 3.63) is 68.6 Å². The number of nitrogens with zero attached hydrogens (tertiary/aromatic N) is 3. The smallest absolute Gasteiger partial charge is 0.321 e. The number of hydrogen-bond donors (Lipinski definition) is 2. The molecular weight excluding hydrogens is 446 g/mol. The number of likely N-dealkylation sites (tertiary alicyclic amines) is 1. The van der Waals surface area contributed by atoms with Crippen molar-refractivity contribution in [3.8, 4) is 0 Å². The third-order valence-corrected chi connectivity index (χ3v) is 6.76. The highest BCUT2D eigenvalue weighted by Gasteiger charge is 2.28. The van der Waals surface area contributed by atoms with Gasteiger partial charge in [0.05, 0.1) is 0 Å². The number of piperidine rings is 1. The van der Waals surface area contributed by atoms with E-state index >= 15 is 0 Å². The van der Waals surface area contributed by atoms with Crippen molar-refractivity contribution in [3.63, 3.8) is 0 Å². The van der Waals surface area contributed by atoms with E-state index in [2.05, 4.69) is 20.8 Å². The van der Waals surface area contributed by atoms with Crippen molar-refractivity contribution < 1.29 is 9.59 Å². The Morgan fingerprint density at radius 3 is 2.66 bits per heavy atom. The summed E-state index contributed by atoms with van der Waals surface area (Å²) in [5.74, 6) is -0.229. The molecule has 0 bridgehead atoms. The lowest BCUT2D eigenvalue weighted by atomic mass is 9.99. The van der Waals surface area contributed by atoms with Gasteiger partial charge in [0.1, 0.15) is 5.01 Å². The highest BCUT2D eigenvalue weighted by atomic mass is 35.5. The predicted octanol–water partition coefficient (Wildman–Crippen LogP) is 5.47. The summed E-state index contributed by atoms with van der Waals surface area (Å²) in [5, 5.41) is 15.8. The van der Waals surface area contributed by atoms with E-state index < -0.39 is 0 Å². The maximum atomic E-state index is 12.8. The first-order valence-corrected chi connectivity index (χ1v) is 11.6. The van der Waals surface area contributed by atoms with Gasteiger partial charge >= 0.3 is 6.03 Å². The molecule has 2 heterocycles. The lowest BCUT2D eigenvalue weighted by Gasteiger charge is -2.31. The van der Waals surface area contributed by atoms with Gasteiger partial charge in [0, 0.05) is 35.4 Å². The Bertz CT molecular complexity index is 1130. The SMILES string of the molecule is Cc1ccc(NC(=O)c2nnc([C@@H]3CCCN(C(=O)Nc4cc(Cl)ccc4C)C3)s2)cc1. The van der Waals surface area contributed by atoms with Crippen LogP contribution in [0.25, 0.3) is 0 Å². The average molecular weight is 470 g/mol. The topological polar surface area (TPSA) is 87.2 Å². The first kappa shape index (κ1) is 22.2. The molecule has 3 aromatic rings. The summed E-state index contributed by atoms with van der Waals surface area (Å²) in [6.45, 7) is 5.11. The lowest BCUT2D eigenvalue weighted by Crippen LogP contribution is -2.41. The lowest BCUT2D eigenvalue weighted by molar-refractivity contribution is 0.102. The average Bonchev–Trinajstić information content (AvgIpc) is 3.28. The maximum absolute atomic E-state index is 12.8. The summed E-state index contributed by atoms with van der Waals surface area (Å²) in [7, 11) is 0. The molecule has 1 saturated heterocycles. The van der Waals surface area contributed by atoms with E-state index in [0.29, 0.717) is 34.5 Å². The molecule has 0 unspecified atom stereocenters. The molecule has 2 aromatic carbocycles. The standard InChI is InChI=1S/C23H24ClN5O2S/c1-14-5-9-18(10-6-14)25-20(30)22-28-27-21(32-22)16-4-3-11-29(13-16)23(31)26-19-12-17(24)8-7-15(19)2/h5-10,12,16H,3-4,11,13H2,1-2H3,(H,25,30)(H,26,31)/t16-/m1/s1. The zero-order valence-electron chi connectivity index (χ0n) is 17.9. The number of amides is 3. The molecule has 0 radical (unpaired) electrons. The number of benzene rings is 2. The Morgan fingerprint density at radius 1 is 1.09 bits per heavy atom. The van der Waals surface area contributed by atoms with Gasteiger partial charge in [-0.25, -0.2) is 4.79 Å². The second-order valence-electron chi connectivity index (χ2n) is 7.94. The monoisotopic (exact) mass is 469 g/mol. The molecule has 1 atom stereocenters. The molecule has 1 aliphatic rings. The second-order valence-corrected chi connectivity index (χ2v) is 9.39. The molecular formula is C23H24ClN5O2S. The van der Waals surface area contributed by atoms with Gasteiger partial charge in [-0.05, 0) is 56.5 Å². The third kappa shape index (κ3) is 5.26. The number of aromatic nitrogens is 2. The first-order valence-electron chi connectivity index (χ1n) is 10.4. The fraction of sp³-hybridized carbons (Fsp3) is 0.304. The van der Waals surface area contributed by atoms with E-state index in [1.54, 1.807) is 17.0 Å². The van der Waals surface area contributed by atoms with Crippen molar-refractivity contribution in [1.29, 1.82) is 0 Å². The minimum Gasteiger partial charge on any atom is -0.324 e. The fourth-order valence-corrected chi connectivity index (χ4v) is 4.64. The Labute approximate surface area is 195 Å². The molecule has 32 heavy (non-hydrogen) atoms. The Balaban J connectivity index is 1.39. The molecule has 166 valence electrons. The molecule has 2 N–H and O–H groups in total. The van der Waals surface area contributed by atoms with Gasteiger partial charge in [-0.3, -0.25) is 4.79 Å². The summed E-state index contributed by atoms with van der Waals surface area (Å²) < 4.78 is 0. The Hall–Kier alpha value is -2.97. The number of hydrogen-bond acceptors (Lipinski definition) is 5. The van der Waals surface area contributed by atoms with Crippen LogP contribution in [0.3, 0.4) is 0 Å². The minimum absolute atomic E-state index is 0.0494. The number of urea groups is 1. The summed E-state index contributed by atoms with van der Waals surface area (Å²) in [6.07, 6.45) is 1.76. The van der Waals surface area contributed by atoms with Gasteiger partial charge in [0.15, 0.2) is 0 Å². The van der Waals surface area contributed by atoms with Gasteiger partial charge in [-0.15, -0.1) is 10.2 Å². The van der Waals surface area contributed by atoms with Crippen LogP contribution in [-0.2, 0) is 0 Å². The summed E-state index contributed by atoms with van der Waals surface area (Å²) in [5.41, 5.74) is 3.49. The second kappa shape index (κ2) is 9.67. The summed E-state index contributed by atoms with van der Waals surface area (Å²) >= 11 is 7.35. The van der Waals surface area contributed by atoms with Crippen molar-refractivity contribution in [2.24, 2.45) is 0 Å². The van der Waals surface area contributed by atoms with Crippen LogP contribution in [0.5, 0.6) is 0 Å². The van der Waals surface area contributed by atoms with E-state index in [1.807, 2.05) is 44.2 Å². The number of nitrogens with one attached hydrogen (secondary N) is 2. The Kier molecular flexibility index (Phi) is 6.72. The van der Waals surface area contributed by atoms with Gasteiger partial charge in [0.2, 0.25) is 5.01 Å². The number of halogens is 1. The zero-order chi connectivity index (χ0) is 22.7. The first-order chi connectivity index (χ1) is 15.4. The van der Waals surface area contributed by atoms with Gasteiger partial charge in [0.25, 0.3) is 5.91 Å². The number of anilines is 2. The summed E-state index contributed by atoms with van der Waals surface area (Å²) in [6, 6.07) is 12.8. The van der Waals surface area contributed by atoms with Crippen molar-refractivity contribution in [1.82, 2.24) is 15.1 Å². The normalized spacial score (nSPS) is 16.0. The highest BCUT2D eigenvalue weighted by molar-refractivity contribution is 7.13. The molecule has 0 aliphatic carbocycles. The van der Waals surface area contributed by atoms with Crippen molar-refractivity contribution in [2.45, 2.75) is 32.6 Å². The van der Waals surface area contributed by atoms with E-state index in [9.17, 15) is 9.59 Å². The highest BCUT2D eigenvalue weighted by Crippen LogP contribution is 2.30. The number of aryl methyl sites for hydroxylation is 2. The van der Waals surface area contributed by atoms with Crippen LogP contribution >= 0.6 is 22.9 Å². The largest absolute Gasteiger partial charge is 0.324 e. The fourth-order valence-electron chi connectivity index (χ4n) is 3.60. The van der Waals surface area contributed by atoms with Crippen LogP contribution < -0.4 is 10.6 Å². The van der Waals surface area contributed by atoms with Crippen LogP contribution in [0, 0.1) is 13.8 Å². The number of rotatable bonds is 4. The van der Waals surface area contributed by atoms with Crippen molar-refractivity contribution in [2.75, 3.05) is 23.7 Å². The van der Waals surface area contributed by atoms with Gasteiger partial charge in [-0.1, -0.05) is 46.7 Å². The maximum Gasteiger partial charge on any atom is 0.321 e. The molecule has 1 fully saturated rings. The van der Waals surface area contributed by atoms with E-state index in [0.717, 1.165) is 29.0 Å². The van der Waals surface area contributed by atoms with Crippen molar-refractivity contribution >= 4 is 46.3 Å². The molecule has 4 rings (SSSR count). The van der Waals surface area contributed by atoms with Crippen LogP contribution in [-0.4, -0.2) is 40.1 Å². The quantitative estimate of drug-likeness (QED) is 0.530. The molecule has 7 nitrogen and oxygen atoms in total. The van der Waals surface area contributed by atoms with E-state index in [1.165, 1.54) is 11.3 Å². The molecule has 0 saturated carbocycles. The van der Waals surface area contributed by atoms with Gasteiger partial charge in [-0.2, -0.15) is 0 Å². The Morgan fingerprint density at radius 2 is 1.88 bits per heavy atom. The van der Waals surface area contributed by atoms with E-state index in [-0.39, 0.29) is 17.9 Å². The predicted molar refractivity (Wildman–Crippen MR) is 128 cm³/mol. The number of carbonyl (C=O) groups is 2. The molecule has 1 aromatic heterocycles. The molecule has 1 aliphatic heterocycles. The third-order valence-electron chi connectivity index (χ3n) is 5.44. The molecule has 9 heteroatoms. The molecule has 3 amide bonds. The number of carbonyl (C=O) groups excluding carboxylic acids is 2.